The van der Waals surface area contributed by atoms with Crippen molar-refractivity contribution in [1.29, 1.82) is 0 Å². The van der Waals surface area contributed by atoms with E-state index >= 15 is 0 Å². The highest BCUT2D eigenvalue weighted by Gasteiger charge is 2.20. The minimum atomic E-state index is -0.523. The average Bonchev–Trinajstić information content (AvgIpc) is 3.54. The van der Waals surface area contributed by atoms with Crippen molar-refractivity contribution in [2.45, 2.75) is 26.4 Å². The van der Waals surface area contributed by atoms with Gasteiger partial charge < -0.3 is 23.9 Å². The van der Waals surface area contributed by atoms with Gasteiger partial charge in [-0.1, -0.05) is 19.1 Å². The molecule has 2 amide bonds. The predicted molar refractivity (Wildman–Crippen MR) is 133 cm³/mol. The summed E-state index contributed by atoms with van der Waals surface area (Å²) in [5.41, 5.74) is 0.959. The number of carbonyl (C=O) groups is 2. The van der Waals surface area contributed by atoms with Crippen LogP contribution in [0, 0.1) is 5.82 Å². The van der Waals surface area contributed by atoms with Gasteiger partial charge in [-0.05, 0) is 42.8 Å². The molecule has 0 bridgehead atoms. The molecule has 36 heavy (non-hydrogen) atoms. The Morgan fingerprint density at radius 1 is 1.08 bits per heavy atom. The minimum Gasteiger partial charge on any atom is -0.454 e. The molecular weight excluding hydrogens is 463 g/mol. The molecule has 2 aromatic heterocycles. The van der Waals surface area contributed by atoms with Gasteiger partial charge in [0.1, 0.15) is 11.6 Å². The normalized spacial score (nSPS) is 14.1. The topological polar surface area (TPSA) is 80.0 Å². The van der Waals surface area contributed by atoms with Gasteiger partial charge in [0.15, 0.2) is 5.76 Å². The number of rotatable bonds is 11. The van der Waals surface area contributed by atoms with Crippen LogP contribution in [0.3, 0.4) is 0 Å². The molecule has 3 aromatic rings. The number of nitrogens with one attached hydrogen (secondary N) is 1. The molecule has 0 aliphatic carbocycles. The zero-order valence-corrected chi connectivity index (χ0v) is 20.6. The highest BCUT2D eigenvalue weighted by atomic mass is 19.1. The second-order valence-corrected chi connectivity index (χ2v) is 8.81. The first-order chi connectivity index (χ1) is 17.5. The SMILES string of the molecule is CCCN(Cc1cccn1Cc1ccc(C(=O)NCCN2CCOCC2)o1)C(=O)c1ccccc1F. The minimum absolute atomic E-state index is 0.0689. The molecule has 0 atom stereocenters. The van der Waals surface area contributed by atoms with Crippen LogP contribution in [0.15, 0.2) is 59.1 Å². The van der Waals surface area contributed by atoms with E-state index in [2.05, 4.69) is 10.2 Å². The van der Waals surface area contributed by atoms with Crippen molar-refractivity contribution in [2.24, 2.45) is 0 Å². The van der Waals surface area contributed by atoms with Crippen molar-refractivity contribution in [3.63, 3.8) is 0 Å². The number of hydrogen-bond acceptors (Lipinski definition) is 5. The van der Waals surface area contributed by atoms with E-state index in [-0.39, 0.29) is 23.1 Å². The van der Waals surface area contributed by atoms with Crippen LogP contribution in [-0.2, 0) is 17.8 Å². The molecule has 0 radical (unpaired) electrons. The van der Waals surface area contributed by atoms with Crippen LogP contribution >= 0.6 is 0 Å². The standard InChI is InChI=1S/C27H33FN4O4/c1-2-12-32(27(34)23-7-3-4-8-24(23)28)19-21-6-5-13-31(21)20-22-9-10-25(36-22)26(33)29-11-14-30-15-17-35-18-16-30/h3-10,13H,2,11-12,14-20H2,1H3,(H,29,33). The lowest BCUT2D eigenvalue weighted by molar-refractivity contribution is 0.0382. The number of nitrogens with zero attached hydrogens (tertiary/aromatic N) is 3. The molecule has 0 unspecified atom stereocenters. The molecule has 1 aromatic carbocycles. The Morgan fingerprint density at radius 2 is 1.89 bits per heavy atom. The van der Waals surface area contributed by atoms with E-state index in [9.17, 15) is 14.0 Å². The first-order valence-corrected chi connectivity index (χ1v) is 12.4. The van der Waals surface area contributed by atoms with E-state index < -0.39 is 5.82 Å². The zero-order valence-electron chi connectivity index (χ0n) is 20.6. The van der Waals surface area contributed by atoms with Crippen LogP contribution in [0.4, 0.5) is 4.39 Å². The number of morpholine rings is 1. The van der Waals surface area contributed by atoms with Crippen LogP contribution in [-0.4, -0.2) is 72.1 Å². The van der Waals surface area contributed by atoms with Gasteiger partial charge in [-0.2, -0.15) is 0 Å². The molecule has 0 saturated carbocycles. The zero-order chi connectivity index (χ0) is 25.3. The maximum atomic E-state index is 14.2. The maximum absolute atomic E-state index is 14.2. The Morgan fingerprint density at radius 3 is 2.67 bits per heavy atom. The molecule has 3 heterocycles. The fraction of sp³-hybridized carbons (Fsp3) is 0.407. The van der Waals surface area contributed by atoms with E-state index in [0.29, 0.717) is 31.9 Å². The number of carbonyl (C=O) groups excluding carboxylic acids is 2. The first-order valence-electron chi connectivity index (χ1n) is 12.4. The summed E-state index contributed by atoms with van der Waals surface area (Å²) in [5.74, 6) is -0.204. The van der Waals surface area contributed by atoms with Crippen LogP contribution in [0.5, 0.6) is 0 Å². The number of benzene rings is 1. The van der Waals surface area contributed by atoms with E-state index in [4.69, 9.17) is 9.15 Å². The largest absolute Gasteiger partial charge is 0.454 e. The Bertz CT molecular complexity index is 1150. The van der Waals surface area contributed by atoms with E-state index in [1.54, 1.807) is 29.2 Å². The van der Waals surface area contributed by atoms with Crippen molar-refractivity contribution in [3.05, 3.63) is 83.3 Å². The summed E-state index contributed by atoms with van der Waals surface area (Å²) in [5, 5.41) is 2.91. The summed E-state index contributed by atoms with van der Waals surface area (Å²) in [6.45, 7) is 7.76. The fourth-order valence-electron chi connectivity index (χ4n) is 4.26. The van der Waals surface area contributed by atoms with E-state index in [0.717, 1.165) is 45.0 Å². The number of amides is 2. The van der Waals surface area contributed by atoms with E-state index in [1.807, 2.05) is 29.8 Å². The highest BCUT2D eigenvalue weighted by molar-refractivity contribution is 5.94. The third-order valence-corrected chi connectivity index (χ3v) is 6.19. The fourth-order valence-corrected chi connectivity index (χ4v) is 4.26. The summed E-state index contributed by atoms with van der Waals surface area (Å²) in [6, 6.07) is 13.3. The summed E-state index contributed by atoms with van der Waals surface area (Å²) >= 11 is 0. The molecule has 1 saturated heterocycles. The number of furan rings is 1. The van der Waals surface area contributed by atoms with Gasteiger partial charge in [-0.3, -0.25) is 14.5 Å². The van der Waals surface area contributed by atoms with Crippen molar-refractivity contribution >= 4 is 11.8 Å². The van der Waals surface area contributed by atoms with Crippen molar-refractivity contribution in [2.75, 3.05) is 45.9 Å². The van der Waals surface area contributed by atoms with Crippen LogP contribution in [0.25, 0.3) is 0 Å². The van der Waals surface area contributed by atoms with Crippen molar-refractivity contribution < 1.29 is 23.1 Å². The first kappa shape index (κ1) is 25.7. The maximum Gasteiger partial charge on any atom is 0.287 e. The number of hydrogen-bond donors (Lipinski definition) is 1. The summed E-state index contributed by atoms with van der Waals surface area (Å²) in [7, 11) is 0. The molecule has 1 aliphatic heterocycles. The Kier molecular flexibility index (Phi) is 8.91. The summed E-state index contributed by atoms with van der Waals surface area (Å²) in [4.78, 5) is 29.4. The molecule has 1 aliphatic rings. The van der Waals surface area contributed by atoms with Gasteiger partial charge in [0, 0.05) is 44.6 Å². The van der Waals surface area contributed by atoms with Gasteiger partial charge in [0.05, 0.1) is 31.9 Å². The summed E-state index contributed by atoms with van der Waals surface area (Å²) in [6.07, 6.45) is 2.65. The quantitative estimate of drug-likeness (QED) is 0.440. The second-order valence-electron chi connectivity index (χ2n) is 8.81. The third-order valence-electron chi connectivity index (χ3n) is 6.19. The average molecular weight is 497 g/mol. The van der Waals surface area contributed by atoms with Crippen molar-refractivity contribution in [1.82, 2.24) is 19.7 Å². The van der Waals surface area contributed by atoms with Gasteiger partial charge in [0.25, 0.3) is 11.8 Å². The molecule has 8 nitrogen and oxygen atoms in total. The van der Waals surface area contributed by atoms with Crippen LogP contribution < -0.4 is 5.32 Å². The molecule has 1 N–H and O–H groups in total. The van der Waals surface area contributed by atoms with Gasteiger partial charge in [-0.15, -0.1) is 0 Å². The van der Waals surface area contributed by atoms with Crippen LogP contribution in [0.1, 0.15) is 45.7 Å². The van der Waals surface area contributed by atoms with Crippen molar-refractivity contribution in [3.8, 4) is 0 Å². The highest BCUT2D eigenvalue weighted by Crippen LogP contribution is 2.17. The molecule has 4 rings (SSSR count). The number of ether oxygens (including phenoxy) is 1. The number of aromatic nitrogens is 1. The Hall–Kier alpha value is -3.43. The summed E-state index contributed by atoms with van der Waals surface area (Å²) < 4.78 is 27.3. The van der Waals surface area contributed by atoms with Crippen LogP contribution in [0.2, 0.25) is 0 Å². The lowest BCUT2D eigenvalue weighted by Crippen LogP contribution is -2.41. The molecule has 1 fully saturated rings. The van der Waals surface area contributed by atoms with Gasteiger partial charge >= 0.3 is 0 Å². The Labute approximate surface area is 210 Å². The monoisotopic (exact) mass is 496 g/mol. The lowest BCUT2D eigenvalue weighted by Gasteiger charge is -2.26. The third kappa shape index (κ3) is 6.61. The van der Waals surface area contributed by atoms with Gasteiger partial charge in [-0.25, -0.2) is 4.39 Å². The molecule has 192 valence electrons. The Balaban J connectivity index is 1.35. The molecule has 0 spiro atoms. The predicted octanol–water partition coefficient (Wildman–Crippen LogP) is 3.38. The smallest absolute Gasteiger partial charge is 0.287 e. The lowest BCUT2D eigenvalue weighted by atomic mass is 10.1. The molecular formula is C27H33FN4O4. The number of halogens is 1. The second kappa shape index (κ2) is 12.5. The molecule has 9 heteroatoms. The van der Waals surface area contributed by atoms with E-state index in [1.165, 1.54) is 12.1 Å². The van der Waals surface area contributed by atoms with Gasteiger partial charge in [0.2, 0.25) is 0 Å².